The Hall–Kier alpha value is -2.55. The first kappa shape index (κ1) is 13.9. The molecule has 0 radical (unpaired) electrons. The Morgan fingerprint density at radius 3 is 2.65 bits per heavy atom. The van der Waals surface area contributed by atoms with Gasteiger partial charge >= 0.3 is 0 Å². The normalized spacial score (nSPS) is 9.85. The number of anilines is 1. The molecule has 0 saturated heterocycles. The van der Waals surface area contributed by atoms with Gasteiger partial charge in [0.1, 0.15) is 5.75 Å². The maximum Gasteiger partial charge on any atom is 0.255 e. The third-order valence-electron chi connectivity index (χ3n) is 2.94. The molecule has 2 aromatic carbocycles. The minimum absolute atomic E-state index is 0.135. The average molecular weight is 267 g/mol. The highest BCUT2D eigenvalue weighted by Gasteiger charge is 2.09. The van der Waals surface area contributed by atoms with E-state index in [4.69, 9.17) is 4.74 Å². The van der Waals surface area contributed by atoms with Crippen LogP contribution >= 0.6 is 0 Å². The molecule has 0 bridgehead atoms. The van der Waals surface area contributed by atoms with Crippen molar-refractivity contribution in [3.05, 3.63) is 72.3 Å². The Bertz CT molecular complexity index is 606. The highest BCUT2D eigenvalue weighted by Crippen LogP contribution is 2.21. The quantitative estimate of drug-likeness (QED) is 0.839. The lowest BCUT2D eigenvalue weighted by atomic mass is 10.1. The molecule has 3 nitrogen and oxygen atoms in total. The van der Waals surface area contributed by atoms with Crippen LogP contribution in [0.3, 0.4) is 0 Å². The Kier molecular flexibility index (Phi) is 4.56. The number of nitrogens with one attached hydrogen (secondary N) is 1. The highest BCUT2D eigenvalue weighted by atomic mass is 16.5. The molecule has 20 heavy (non-hydrogen) atoms. The molecular formula is C17H17NO2. The summed E-state index contributed by atoms with van der Waals surface area (Å²) in [4.78, 5) is 12.2. The molecule has 2 aromatic rings. The standard InChI is InChI=1S/C17H17NO2/c1-3-7-13-12-14(10-11-16(13)20-2)17(19)18-15-8-5-4-6-9-15/h3-6,8-12H,1,7H2,2H3,(H,18,19). The van der Waals surface area contributed by atoms with Crippen LogP contribution in [0.5, 0.6) is 5.75 Å². The smallest absolute Gasteiger partial charge is 0.255 e. The van der Waals surface area contributed by atoms with Gasteiger partial charge < -0.3 is 10.1 Å². The monoisotopic (exact) mass is 267 g/mol. The van der Waals surface area contributed by atoms with Gasteiger partial charge in [0.25, 0.3) is 5.91 Å². The van der Waals surface area contributed by atoms with Crippen LogP contribution in [0.2, 0.25) is 0 Å². The van der Waals surface area contributed by atoms with E-state index in [1.165, 1.54) is 0 Å². The second kappa shape index (κ2) is 6.57. The topological polar surface area (TPSA) is 38.3 Å². The second-order valence-electron chi connectivity index (χ2n) is 4.34. The first-order valence-corrected chi connectivity index (χ1v) is 6.39. The number of rotatable bonds is 5. The van der Waals surface area contributed by atoms with Crippen molar-refractivity contribution in [2.75, 3.05) is 12.4 Å². The van der Waals surface area contributed by atoms with E-state index in [-0.39, 0.29) is 5.91 Å². The van der Waals surface area contributed by atoms with Gasteiger partial charge in [0.15, 0.2) is 0 Å². The zero-order chi connectivity index (χ0) is 14.4. The van der Waals surface area contributed by atoms with Crippen LogP contribution in [0.4, 0.5) is 5.69 Å². The molecule has 0 aliphatic rings. The molecule has 1 amide bonds. The lowest BCUT2D eigenvalue weighted by molar-refractivity contribution is 0.102. The van der Waals surface area contributed by atoms with Crippen LogP contribution in [0, 0.1) is 0 Å². The van der Waals surface area contributed by atoms with Crippen molar-refractivity contribution in [3.8, 4) is 5.75 Å². The summed E-state index contributed by atoms with van der Waals surface area (Å²) in [6.45, 7) is 3.72. The molecule has 3 heteroatoms. The molecule has 0 aliphatic carbocycles. The molecule has 0 atom stereocenters. The number of ether oxygens (including phenoxy) is 1. The summed E-state index contributed by atoms with van der Waals surface area (Å²) in [5.41, 5.74) is 2.33. The van der Waals surface area contributed by atoms with Gasteiger partial charge in [0, 0.05) is 11.3 Å². The van der Waals surface area contributed by atoms with E-state index in [0.717, 1.165) is 17.0 Å². The van der Waals surface area contributed by atoms with Gasteiger partial charge in [0.05, 0.1) is 7.11 Å². The third kappa shape index (κ3) is 3.26. The van der Waals surface area contributed by atoms with Crippen LogP contribution in [-0.2, 0) is 6.42 Å². The van der Waals surface area contributed by atoms with E-state index in [1.54, 1.807) is 25.3 Å². The first-order chi connectivity index (χ1) is 9.74. The van der Waals surface area contributed by atoms with E-state index < -0.39 is 0 Å². The van der Waals surface area contributed by atoms with Crippen LogP contribution in [-0.4, -0.2) is 13.0 Å². The molecule has 0 heterocycles. The van der Waals surface area contributed by atoms with Crippen molar-refractivity contribution >= 4 is 11.6 Å². The number of methoxy groups -OCH3 is 1. The minimum atomic E-state index is -0.135. The molecule has 0 aromatic heterocycles. The van der Waals surface area contributed by atoms with Crippen LogP contribution in [0.1, 0.15) is 15.9 Å². The predicted molar refractivity (Wildman–Crippen MR) is 81.3 cm³/mol. The molecule has 2 rings (SSSR count). The molecule has 0 fully saturated rings. The predicted octanol–water partition coefficient (Wildman–Crippen LogP) is 3.68. The summed E-state index contributed by atoms with van der Waals surface area (Å²) in [7, 11) is 1.62. The zero-order valence-corrected chi connectivity index (χ0v) is 11.4. The fraction of sp³-hybridized carbons (Fsp3) is 0.118. The van der Waals surface area contributed by atoms with Gasteiger partial charge in [-0.1, -0.05) is 24.3 Å². The Morgan fingerprint density at radius 1 is 1.25 bits per heavy atom. The lowest BCUT2D eigenvalue weighted by Gasteiger charge is -2.10. The Balaban J connectivity index is 2.21. The Morgan fingerprint density at radius 2 is 2.00 bits per heavy atom. The first-order valence-electron chi connectivity index (χ1n) is 6.39. The third-order valence-corrected chi connectivity index (χ3v) is 2.94. The number of hydrogen-bond acceptors (Lipinski definition) is 2. The summed E-state index contributed by atoms with van der Waals surface area (Å²) in [5, 5.41) is 2.86. The summed E-state index contributed by atoms with van der Waals surface area (Å²) in [5.74, 6) is 0.630. The van der Waals surface area contributed by atoms with Crippen LogP contribution in [0.15, 0.2) is 61.2 Å². The number of para-hydroxylation sites is 1. The van der Waals surface area contributed by atoms with E-state index in [1.807, 2.05) is 36.4 Å². The molecule has 1 N–H and O–H groups in total. The number of carbonyl (C=O) groups is 1. The number of benzene rings is 2. The van der Waals surface area contributed by atoms with Crippen molar-refractivity contribution in [1.82, 2.24) is 0 Å². The van der Waals surface area contributed by atoms with Crippen molar-refractivity contribution in [3.63, 3.8) is 0 Å². The van der Waals surface area contributed by atoms with Gasteiger partial charge in [-0.3, -0.25) is 4.79 Å². The van der Waals surface area contributed by atoms with Crippen molar-refractivity contribution in [1.29, 1.82) is 0 Å². The van der Waals surface area contributed by atoms with E-state index >= 15 is 0 Å². The van der Waals surface area contributed by atoms with Crippen LogP contribution < -0.4 is 10.1 Å². The van der Waals surface area contributed by atoms with E-state index in [0.29, 0.717) is 12.0 Å². The molecule has 0 saturated carbocycles. The fourth-order valence-electron chi connectivity index (χ4n) is 1.96. The second-order valence-corrected chi connectivity index (χ2v) is 4.34. The molecule has 0 spiro atoms. The number of carbonyl (C=O) groups excluding carboxylic acids is 1. The fourth-order valence-corrected chi connectivity index (χ4v) is 1.96. The molecule has 102 valence electrons. The summed E-state index contributed by atoms with van der Waals surface area (Å²) < 4.78 is 5.27. The van der Waals surface area contributed by atoms with Gasteiger partial charge in [-0.15, -0.1) is 6.58 Å². The van der Waals surface area contributed by atoms with Crippen molar-refractivity contribution < 1.29 is 9.53 Å². The average Bonchev–Trinajstić information content (AvgIpc) is 2.48. The molecular weight excluding hydrogens is 250 g/mol. The zero-order valence-electron chi connectivity index (χ0n) is 11.4. The van der Waals surface area contributed by atoms with Gasteiger partial charge in [-0.05, 0) is 42.3 Å². The van der Waals surface area contributed by atoms with Crippen molar-refractivity contribution in [2.24, 2.45) is 0 Å². The maximum absolute atomic E-state index is 12.2. The van der Waals surface area contributed by atoms with Gasteiger partial charge in [-0.25, -0.2) is 0 Å². The summed E-state index contributed by atoms with van der Waals surface area (Å²) in [6, 6.07) is 14.8. The molecule has 0 aliphatic heterocycles. The summed E-state index contributed by atoms with van der Waals surface area (Å²) in [6.07, 6.45) is 2.45. The van der Waals surface area contributed by atoms with Crippen molar-refractivity contribution in [2.45, 2.75) is 6.42 Å². The lowest BCUT2D eigenvalue weighted by Crippen LogP contribution is -2.12. The van der Waals surface area contributed by atoms with Crippen LogP contribution in [0.25, 0.3) is 0 Å². The minimum Gasteiger partial charge on any atom is -0.496 e. The number of amides is 1. The largest absolute Gasteiger partial charge is 0.496 e. The highest BCUT2D eigenvalue weighted by molar-refractivity contribution is 6.04. The Labute approximate surface area is 118 Å². The maximum atomic E-state index is 12.2. The van der Waals surface area contributed by atoms with Gasteiger partial charge in [0.2, 0.25) is 0 Å². The molecule has 0 unspecified atom stereocenters. The SMILES string of the molecule is C=CCc1cc(C(=O)Nc2ccccc2)ccc1OC. The summed E-state index contributed by atoms with van der Waals surface area (Å²) >= 11 is 0. The van der Waals surface area contributed by atoms with Gasteiger partial charge in [-0.2, -0.15) is 0 Å². The van der Waals surface area contributed by atoms with E-state index in [2.05, 4.69) is 11.9 Å². The number of hydrogen-bond donors (Lipinski definition) is 1. The number of allylic oxidation sites excluding steroid dienone is 1. The van der Waals surface area contributed by atoms with E-state index in [9.17, 15) is 4.79 Å².